The number of fused-ring (bicyclic) bond motifs is 4. The molecule has 2 aromatic rings. The van der Waals surface area contributed by atoms with Gasteiger partial charge in [-0.05, 0) is 0 Å². The molecular formula is C21H17Cl2Zr. The molecule has 0 bridgehead atoms. The van der Waals surface area contributed by atoms with Crippen LogP contribution in [0.1, 0.15) is 30.4 Å². The molecule has 0 spiro atoms. The van der Waals surface area contributed by atoms with Crippen LogP contribution in [-0.4, -0.2) is 0 Å². The Balaban J connectivity index is 0.000000845. The van der Waals surface area contributed by atoms with E-state index in [0.29, 0.717) is 9.04 Å². The van der Waals surface area contributed by atoms with Gasteiger partial charge in [-0.15, -0.1) is 0 Å². The van der Waals surface area contributed by atoms with Gasteiger partial charge in [0.05, 0.1) is 0 Å². The van der Waals surface area contributed by atoms with Gasteiger partial charge in [-0.25, -0.2) is 0 Å². The molecule has 0 aromatic heterocycles. The Morgan fingerprint density at radius 1 is 0.917 bits per heavy atom. The fraction of sp³-hybridized carbons (Fsp3) is 0.238. The first-order chi connectivity index (χ1) is 10.7. The summed E-state index contributed by atoms with van der Waals surface area (Å²) in [4.78, 5) is 0. The molecule has 2 unspecified atom stereocenters. The van der Waals surface area contributed by atoms with Gasteiger partial charge in [0, 0.05) is 0 Å². The number of hydrogen-bond acceptors (Lipinski definition) is 0. The standard InChI is InChI=1S/C21H17.2ClH.Zr/c1-13-12-20-14(13)10-11-19(20)21-17-8-4-2-6-15(17)16-7-3-5-9-18(16)21;;;/h2-11,13,21H,12H2,1H3;2*1H;/q;;;+2/p-2. The van der Waals surface area contributed by atoms with E-state index in [2.05, 4.69) is 67.6 Å². The molecule has 3 aliphatic rings. The molecule has 5 rings (SSSR count). The molecular weight excluding hydrogens is 414 g/mol. The first-order valence-corrected chi connectivity index (χ1v) is 9.29. The maximum Gasteiger partial charge on any atom is -1.00 e. The van der Waals surface area contributed by atoms with Crippen molar-refractivity contribution in [2.45, 2.75) is 22.4 Å². The minimum atomic E-state index is 0. The van der Waals surface area contributed by atoms with Crippen LogP contribution in [0.25, 0.3) is 11.1 Å². The van der Waals surface area contributed by atoms with Crippen molar-refractivity contribution in [3.63, 3.8) is 0 Å². The third-order valence-electron chi connectivity index (χ3n) is 5.81. The average molecular weight is 431 g/mol. The third kappa shape index (κ3) is 2.21. The predicted octanol–water partition coefficient (Wildman–Crippen LogP) is -0.581. The van der Waals surface area contributed by atoms with Crippen molar-refractivity contribution in [2.75, 3.05) is 0 Å². The van der Waals surface area contributed by atoms with Gasteiger partial charge >= 0.3 is 147 Å². The second kappa shape index (κ2) is 6.28. The minimum absolute atomic E-state index is 0. The van der Waals surface area contributed by atoms with E-state index in [1.165, 1.54) is 28.7 Å². The first kappa shape index (κ1) is 18.2. The van der Waals surface area contributed by atoms with Crippen LogP contribution in [0.15, 0.2) is 71.8 Å². The SMILES string of the molecule is CC1CC2=C(C3c4ccccc4-c4ccccc43)C=C[C]21[Zr+2].[Cl-].[Cl-]. The van der Waals surface area contributed by atoms with E-state index < -0.39 is 0 Å². The Bertz CT molecular complexity index is 822. The Morgan fingerprint density at radius 3 is 1.96 bits per heavy atom. The molecule has 0 saturated heterocycles. The molecule has 3 aliphatic carbocycles. The summed E-state index contributed by atoms with van der Waals surface area (Å²) in [5, 5.41) is 0. The van der Waals surface area contributed by atoms with E-state index >= 15 is 0 Å². The molecule has 0 nitrogen and oxygen atoms in total. The van der Waals surface area contributed by atoms with Gasteiger partial charge in [0.2, 0.25) is 0 Å². The summed E-state index contributed by atoms with van der Waals surface area (Å²) < 4.78 is 0.411. The largest absolute Gasteiger partial charge is 1.00 e. The average Bonchev–Trinajstić information content (AvgIpc) is 3.01. The maximum atomic E-state index is 2.49. The molecule has 24 heavy (non-hydrogen) atoms. The van der Waals surface area contributed by atoms with Gasteiger partial charge in [-0.2, -0.15) is 0 Å². The molecule has 0 N–H and O–H groups in total. The number of allylic oxidation sites excluding steroid dienone is 4. The predicted molar refractivity (Wildman–Crippen MR) is 86.4 cm³/mol. The van der Waals surface area contributed by atoms with E-state index in [1.807, 2.05) is 0 Å². The van der Waals surface area contributed by atoms with Crippen LogP contribution in [0.2, 0.25) is 3.12 Å². The van der Waals surface area contributed by atoms with Crippen LogP contribution in [0, 0.1) is 5.92 Å². The molecule has 0 amide bonds. The number of benzene rings is 2. The Labute approximate surface area is 171 Å². The van der Waals surface area contributed by atoms with Crippen LogP contribution in [0.3, 0.4) is 0 Å². The fourth-order valence-corrected chi connectivity index (χ4v) is 5.57. The second-order valence-corrected chi connectivity index (χ2v) is 8.88. The number of hydrogen-bond donors (Lipinski definition) is 0. The Morgan fingerprint density at radius 2 is 1.46 bits per heavy atom. The van der Waals surface area contributed by atoms with Crippen LogP contribution in [0.4, 0.5) is 0 Å². The van der Waals surface area contributed by atoms with E-state index in [4.69, 9.17) is 0 Å². The first-order valence-electron chi connectivity index (χ1n) is 8.06. The van der Waals surface area contributed by atoms with E-state index in [9.17, 15) is 0 Å². The Kier molecular flexibility index (Phi) is 4.75. The Hall–Kier alpha value is -0.617. The van der Waals surface area contributed by atoms with Gasteiger partial charge in [0.15, 0.2) is 0 Å². The second-order valence-electron chi connectivity index (χ2n) is 6.85. The summed E-state index contributed by atoms with van der Waals surface area (Å²) in [5.74, 6) is 1.27. The summed E-state index contributed by atoms with van der Waals surface area (Å²) in [6.45, 7) is 2.40. The zero-order valence-corrected chi connectivity index (χ0v) is 17.4. The van der Waals surface area contributed by atoms with E-state index in [-0.39, 0.29) is 24.8 Å². The van der Waals surface area contributed by atoms with Crippen molar-refractivity contribution in [1.82, 2.24) is 0 Å². The normalized spacial score (nSPS) is 26.0. The summed E-state index contributed by atoms with van der Waals surface area (Å²) in [7, 11) is 0. The van der Waals surface area contributed by atoms with E-state index in [1.54, 1.807) is 35.9 Å². The smallest absolute Gasteiger partial charge is 1.00 e. The van der Waals surface area contributed by atoms with Crippen LogP contribution in [0.5, 0.6) is 0 Å². The minimum Gasteiger partial charge on any atom is -1.00 e. The molecule has 1 fully saturated rings. The van der Waals surface area contributed by atoms with Gasteiger partial charge < -0.3 is 24.8 Å². The van der Waals surface area contributed by atoms with Gasteiger partial charge in [0.1, 0.15) is 0 Å². The van der Waals surface area contributed by atoms with Gasteiger partial charge in [-0.3, -0.25) is 0 Å². The van der Waals surface area contributed by atoms with Crippen molar-refractivity contribution in [3.8, 4) is 11.1 Å². The summed E-state index contributed by atoms with van der Waals surface area (Å²) in [5.41, 5.74) is 9.16. The van der Waals surface area contributed by atoms with Crippen molar-refractivity contribution in [3.05, 3.63) is 83.0 Å². The van der Waals surface area contributed by atoms with Crippen LogP contribution < -0.4 is 24.8 Å². The zero-order valence-electron chi connectivity index (χ0n) is 13.4. The van der Waals surface area contributed by atoms with Gasteiger partial charge in [-0.1, -0.05) is 0 Å². The van der Waals surface area contributed by atoms with Crippen LogP contribution in [-0.2, 0) is 24.7 Å². The van der Waals surface area contributed by atoms with Crippen molar-refractivity contribution in [1.29, 1.82) is 0 Å². The fourth-order valence-electron chi connectivity index (χ4n) is 4.51. The third-order valence-corrected chi connectivity index (χ3v) is 8.17. The summed E-state index contributed by atoms with van der Waals surface area (Å²) in [6, 6.07) is 17.9. The molecule has 3 heteroatoms. The molecule has 2 atom stereocenters. The van der Waals surface area contributed by atoms with Crippen molar-refractivity contribution < 1.29 is 49.5 Å². The maximum absolute atomic E-state index is 2.49. The monoisotopic (exact) mass is 429 g/mol. The molecule has 2 aromatic carbocycles. The zero-order chi connectivity index (χ0) is 14.9. The molecule has 1 saturated carbocycles. The summed E-state index contributed by atoms with van der Waals surface area (Å²) in [6.07, 6.45) is 6.22. The molecule has 0 heterocycles. The number of halogens is 2. The van der Waals surface area contributed by atoms with Crippen LogP contribution >= 0.6 is 0 Å². The van der Waals surface area contributed by atoms with Crippen molar-refractivity contribution in [2.24, 2.45) is 5.92 Å². The van der Waals surface area contributed by atoms with Gasteiger partial charge in [0.25, 0.3) is 0 Å². The molecule has 0 radical (unpaired) electrons. The topological polar surface area (TPSA) is 0 Å². The quantitative estimate of drug-likeness (QED) is 0.567. The summed E-state index contributed by atoms with van der Waals surface area (Å²) >= 11 is 1.65. The molecule has 119 valence electrons. The van der Waals surface area contributed by atoms with Crippen molar-refractivity contribution >= 4 is 0 Å². The molecule has 0 aliphatic heterocycles. The number of rotatable bonds is 1. The van der Waals surface area contributed by atoms with E-state index in [0.717, 1.165) is 5.92 Å².